The van der Waals surface area contributed by atoms with Gasteiger partial charge in [-0.3, -0.25) is 9.59 Å². The average molecular weight is 535 g/mol. The van der Waals surface area contributed by atoms with Gasteiger partial charge in [-0.25, -0.2) is 4.90 Å². The topological polar surface area (TPSA) is 55.8 Å². The Kier molecular flexibility index (Phi) is 7.73. The van der Waals surface area contributed by atoms with E-state index in [1.165, 1.54) is 0 Å². The third-order valence-electron chi connectivity index (χ3n) is 4.82. The van der Waals surface area contributed by atoms with Crippen LogP contribution in [0.15, 0.2) is 65.6 Å². The Morgan fingerprint density at radius 1 is 0.882 bits per heavy atom. The fourth-order valence-corrected chi connectivity index (χ4v) is 4.51. The molecule has 1 saturated heterocycles. The number of carbonyl (C=O) groups excluding carboxylic acids is 2. The van der Waals surface area contributed by atoms with Gasteiger partial charge in [-0.2, -0.15) is 0 Å². The van der Waals surface area contributed by atoms with Gasteiger partial charge in [0, 0.05) is 5.02 Å². The molecule has 1 aliphatic rings. The molecule has 174 valence electrons. The highest BCUT2D eigenvalue weighted by molar-refractivity contribution is 8.19. The monoisotopic (exact) mass is 533 g/mol. The highest BCUT2D eigenvalue weighted by Crippen LogP contribution is 2.37. The number of rotatable bonds is 7. The van der Waals surface area contributed by atoms with Crippen LogP contribution >= 0.6 is 46.6 Å². The molecule has 9 heteroatoms. The van der Waals surface area contributed by atoms with Crippen LogP contribution in [0.3, 0.4) is 0 Å². The van der Waals surface area contributed by atoms with E-state index in [1.807, 2.05) is 13.0 Å². The normalized spacial score (nSPS) is 14.7. The third kappa shape index (κ3) is 5.53. The Bertz CT molecular complexity index is 1280. The second kappa shape index (κ2) is 10.7. The molecule has 3 aromatic carbocycles. The predicted molar refractivity (Wildman–Crippen MR) is 138 cm³/mol. The number of anilines is 1. The Balaban J connectivity index is 1.54. The molecular formula is C25H18Cl3NO4S. The lowest BCUT2D eigenvalue weighted by Crippen LogP contribution is -2.27. The predicted octanol–water partition coefficient (Wildman–Crippen LogP) is 7.87. The fourth-order valence-electron chi connectivity index (χ4n) is 3.22. The number of ether oxygens (including phenoxy) is 2. The van der Waals surface area contributed by atoms with Crippen molar-refractivity contribution in [3.05, 3.63) is 91.8 Å². The molecule has 0 aromatic heterocycles. The lowest BCUT2D eigenvalue weighted by Gasteiger charge is -2.13. The summed E-state index contributed by atoms with van der Waals surface area (Å²) < 4.78 is 11.7. The maximum absolute atomic E-state index is 12.9. The van der Waals surface area contributed by atoms with Crippen LogP contribution in [-0.2, 0) is 11.4 Å². The van der Waals surface area contributed by atoms with Gasteiger partial charge in [0.15, 0.2) is 11.5 Å². The molecule has 0 atom stereocenters. The summed E-state index contributed by atoms with van der Waals surface area (Å²) in [6.45, 7) is 2.57. The number of benzene rings is 3. The minimum absolute atomic E-state index is 0.274. The number of amides is 2. The lowest BCUT2D eigenvalue weighted by molar-refractivity contribution is -0.113. The van der Waals surface area contributed by atoms with Crippen molar-refractivity contribution in [1.82, 2.24) is 0 Å². The van der Waals surface area contributed by atoms with Crippen molar-refractivity contribution in [1.29, 1.82) is 0 Å². The quantitative estimate of drug-likeness (QED) is 0.289. The largest absolute Gasteiger partial charge is 0.490 e. The van der Waals surface area contributed by atoms with Crippen molar-refractivity contribution in [3.63, 3.8) is 0 Å². The van der Waals surface area contributed by atoms with Gasteiger partial charge in [-0.15, -0.1) is 0 Å². The summed E-state index contributed by atoms with van der Waals surface area (Å²) in [7, 11) is 0. The van der Waals surface area contributed by atoms with Crippen molar-refractivity contribution >= 4 is 69.5 Å². The highest BCUT2D eigenvalue weighted by atomic mass is 35.5. The smallest absolute Gasteiger partial charge is 0.298 e. The number of halogens is 3. The third-order valence-corrected chi connectivity index (χ3v) is 6.68. The van der Waals surface area contributed by atoms with Gasteiger partial charge < -0.3 is 9.47 Å². The van der Waals surface area contributed by atoms with Crippen LogP contribution in [0.5, 0.6) is 11.5 Å². The van der Waals surface area contributed by atoms with Crippen LogP contribution in [0, 0.1) is 0 Å². The molecule has 0 bridgehead atoms. The molecule has 1 heterocycles. The molecule has 34 heavy (non-hydrogen) atoms. The van der Waals surface area contributed by atoms with Crippen LogP contribution < -0.4 is 14.4 Å². The number of hydrogen-bond acceptors (Lipinski definition) is 5. The van der Waals surface area contributed by atoms with Crippen LogP contribution in [0.1, 0.15) is 18.1 Å². The summed E-state index contributed by atoms with van der Waals surface area (Å²) in [5, 5.41) is 1.09. The molecular weight excluding hydrogens is 517 g/mol. The van der Waals surface area contributed by atoms with Gasteiger partial charge >= 0.3 is 0 Å². The Hall–Kier alpha value is -2.64. The van der Waals surface area contributed by atoms with Crippen molar-refractivity contribution in [2.45, 2.75) is 13.5 Å². The Morgan fingerprint density at radius 3 is 2.35 bits per heavy atom. The molecule has 4 rings (SSSR count). The minimum Gasteiger partial charge on any atom is -0.490 e. The number of imide groups is 1. The first kappa shape index (κ1) is 24.5. The molecule has 0 radical (unpaired) electrons. The van der Waals surface area contributed by atoms with Gasteiger partial charge in [0.2, 0.25) is 0 Å². The second-order valence-electron chi connectivity index (χ2n) is 7.17. The van der Waals surface area contributed by atoms with Crippen molar-refractivity contribution in [3.8, 4) is 11.5 Å². The standard InChI is InChI=1S/C25H18Cl3NO4S/c1-2-32-22-12-15(4-10-21(22)33-14-16-3-9-19(27)20(28)11-16)13-23-24(30)29(25(31)34-23)18-7-5-17(26)6-8-18/h3-13H,2,14H2,1H3/b23-13+. The maximum Gasteiger partial charge on any atom is 0.298 e. The molecule has 3 aromatic rings. The number of carbonyl (C=O) groups is 2. The first-order chi connectivity index (χ1) is 16.4. The minimum atomic E-state index is -0.393. The zero-order chi connectivity index (χ0) is 24.2. The van der Waals surface area contributed by atoms with E-state index in [0.717, 1.165) is 22.2 Å². The molecule has 1 fully saturated rings. The fraction of sp³-hybridized carbons (Fsp3) is 0.120. The molecule has 5 nitrogen and oxygen atoms in total. The van der Waals surface area contributed by atoms with Crippen LogP contribution in [0.25, 0.3) is 6.08 Å². The van der Waals surface area contributed by atoms with Gasteiger partial charge in [-0.1, -0.05) is 46.9 Å². The molecule has 0 saturated carbocycles. The Morgan fingerprint density at radius 2 is 1.65 bits per heavy atom. The number of thioether (sulfide) groups is 1. The zero-order valence-electron chi connectivity index (χ0n) is 17.9. The van der Waals surface area contributed by atoms with Crippen LogP contribution in [0.4, 0.5) is 10.5 Å². The van der Waals surface area contributed by atoms with E-state index in [1.54, 1.807) is 60.7 Å². The second-order valence-corrected chi connectivity index (χ2v) is 9.41. The Labute approximate surface area is 216 Å². The number of hydrogen-bond donors (Lipinski definition) is 0. The molecule has 1 aliphatic heterocycles. The van der Waals surface area contributed by atoms with E-state index in [0.29, 0.717) is 49.3 Å². The first-order valence-corrected chi connectivity index (χ1v) is 12.2. The molecule has 2 amide bonds. The summed E-state index contributed by atoms with van der Waals surface area (Å²) in [5.74, 6) is 0.669. The van der Waals surface area contributed by atoms with Crippen molar-refractivity contribution < 1.29 is 19.1 Å². The van der Waals surface area contributed by atoms with E-state index in [2.05, 4.69) is 0 Å². The van der Waals surface area contributed by atoms with Crippen LogP contribution in [-0.4, -0.2) is 17.8 Å². The van der Waals surface area contributed by atoms with Crippen molar-refractivity contribution in [2.24, 2.45) is 0 Å². The van der Waals surface area contributed by atoms with E-state index < -0.39 is 5.91 Å². The SMILES string of the molecule is CCOc1cc(/C=C2/SC(=O)N(c3ccc(Cl)cc3)C2=O)ccc1OCc1ccc(Cl)c(Cl)c1. The molecule has 0 aliphatic carbocycles. The van der Waals surface area contributed by atoms with Gasteiger partial charge in [0.1, 0.15) is 6.61 Å². The van der Waals surface area contributed by atoms with Gasteiger partial charge in [-0.05, 0) is 84.4 Å². The summed E-state index contributed by atoms with van der Waals surface area (Å²) >= 11 is 18.8. The number of nitrogens with zero attached hydrogens (tertiary/aromatic N) is 1. The van der Waals surface area contributed by atoms with E-state index in [4.69, 9.17) is 44.3 Å². The maximum atomic E-state index is 12.9. The van der Waals surface area contributed by atoms with Crippen molar-refractivity contribution in [2.75, 3.05) is 11.5 Å². The molecule has 0 N–H and O–H groups in total. The van der Waals surface area contributed by atoms with Gasteiger partial charge in [0.25, 0.3) is 11.1 Å². The van der Waals surface area contributed by atoms with Gasteiger partial charge in [0.05, 0.1) is 27.2 Å². The summed E-state index contributed by atoms with van der Waals surface area (Å²) in [5.41, 5.74) is 2.03. The lowest BCUT2D eigenvalue weighted by atomic mass is 10.1. The molecule has 0 unspecified atom stereocenters. The zero-order valence-corrected chi connectivity index (χ0v) is 21.0. The van der Waals surface area contributed by atoms with Crippen LogP contribution in [0.2, 0.25) is 15.1 Å². The van der Waals surface area contributed by atoms with E-state index in [-0.39, 0.29) is 11.8 Å². The van der Waals surface area contributed by atoms with E-state index in [9.17, 15) is 9.59 Å². The summed E-state index contributed by atoms with van der Waals surface area (Å²) in [4.78, 5) is 26.8. The highest BCUT2D eigenvalue weighted by Gasteiger charge is 2.36. The summed E-state index contributed by atoms with van der Waals surface area (Å²) in [6.07, 6.45) is 1.66. The van der Waals surface area contributed by atoms with E-state index >= 15 is 0 Å². The molecule has 0 spiro atoms. The summed E-state index contributed by atoms with van der Waals surface area (Å²) in [6, 6.07) is 17.2. The average Bonchev–Trinajstić information content (AvgIpc) is 3.09. The first-order valence-electron chi connectivity index (χ1n) is 10.2.